The van der Waals surface area contributed by atoms with E-state index in [0.29, 0.717) is 17.9 Å². The second-order valence-corrected chi connectivity index (χ2v) is 6.02. The van der Waals surface area contributed by atoms with Crippen LogP contribution in [-0.4, -0.2) is 17.2 Å². The second kappa shape index (κ2) is 7.49. The summed E-state index contributed by atoms with van der Waals surface area (Å²) >= 11 is 0. The van der Waals surface area contributed by atoms with Gasteiger partial charge in [-0.2, -0.15) is 0 Å². The summed E-state index contributed by atoms with van der Waals surface area (Å²) in [7, 11) is 0. The number of para-hydroxylation sites is 1. The highest BCUT2D eigenvalue weighted by molar-refractivity contribution is 5.76. The average Bonchev–Trinajstić information content (AvgIpc) is 3.42. The normalized spacial score (nSPS) is 15.0. The van der Waals surface area contributed by atoms with Gasteiger partial charge in [0.2, 0.25) is 0 Å². The van der Waals surface area contributed by atoms with Gasteiger partial charge in [0.25, 0.3) is 0 Å². The number of hydrogen-bond acceptors (Lipinski definition) is 3. The van der Waals surface area contributed by atoms with Gasteiger partial charge in [0, 0.05) is 5.56 Å². The smallest absolute Gasteiger partial charge is 0.337 e. The van der Waals surface area contributed by atoms with Crippen LogP contribution in [-0.2, 0) is 22.6 Å². The molecule has 1 atom stereocenters. The highest BCUT2D eigenvalue weighted by Crippen LogP contribution is 2.37. The Balaban J connectivity index is 1.88. The summed E-state index contributed by atoms with van der Waals surface area (Å²) in [5.41, 5.74) is 2.64. The van der Waals surface area contributed by atoms with Crippen molar-refractivity contribution in [1.82, 2.24) is 0 Å². The van der Waals surface area contributed by atoms with E-state index in [4.69, 9.17) is 9.47 Å². The molecule has 0 bridgehead atoms. The Labute approximate surface area is 142 Å². The van der Waals surface area contributed by atoms with Gasteiger partial charge in [0.05, 0.1) is 6.10 Å². The second-order valence-electron chi connectivity index (χ2n) is 6.02. The molecule has 126 valence electrons. The zero-order chi connectivity index (χ0) is 16.9. The lowest BCUT2D eigenvalue weighted by atomic mass is 10.0. The fraction of sp³-hybridized carbons (Fsp3) is 0.350. The Morgan fingerprint density at radius 2 is 1.92 bits per heavy atom. The third-order valence-electron chi connectivity index (χ3n) is 4.09. The minimum Gasteiger partial charge on any atom is -0.488 e. The lowest BCUT2D eigenvalue weighted by Gasteiger charge is -2.20. The van der Waals surface area contributed by atoms with Crippen molar-refractivity contribution in [3.63, 3.8) is 0 Å². The van der Waals surface area contributed by atoms with Crippen molar-refractivity contribution in [2.75, 3.05) is 0 Å². The molecular weight excluding hydrogens is 304 g/mol. The van der Waals surface area contributed by atoms with Crippen molar-refractivity contribution in [1.29, 1.82) is 0 Å². The molecule has 4 heteroatoms. The molecule has 0 heterocycles. The van der Waals surface area contributed by atoms with Gasteiger partial charge >= 0.3 is 5.97 Å². The van der Waals surface area contributed by atoms with Gasteiger partial charge in [-0.05, 0) is 30.4 Å². The average molecular weight is 326 g/mol. The molecule has 0 amide bonds. The minimum atomic E-state index is -0.977. The molecule has 1 aliphatic rings. The molecular formula is C20H22O4. The third kappa shape index (κ3) is 3.95. The van der Waals surface area contributed by atoms with E-state index in [1.807, 2.05) is 49.4 Å². The molecule has 3 rings (SSSR count). The maximum atomic E-state index is 11.7. The van der Waals surface area contributed by atoms with E-state index in [-0.39, 0.29) is 6.10 Å². The number of hydrogen-bond donors (Lipinski definition) is 1. The SMILES string of the molecule is CCc1cccc(C(OC2CC2)C(=O)O)c1OCc1ccccc1. The molecule has 24 heavy (non-hydrogen) atoms. The van der Waals surface area contributed by atoms with Crippen LogP contribution >= 0.6 is 0 Å². The van der Waals surface area contributed by atoms with E-state index in [2.05, 4.69) is 0 Å². The number of aliphatic carboxylic acids is 1. The minimum absolute atomic E-state index is 0.0540. The maximum absolute atomic E-state index is 11.7. The summed E-state index contributed by atoms with van der Waals surface area (Å²) in [5, 5.41) is 9.60. The number of carboxylic acids is 1. The summed E-state index contributed by atoms with van der Waals surface area (Å²) in [6, 6.07) is 15.5. The predicted octanol–water partition coefficient (Wildman–Crippen LogP) is 4.13. The molecule has 0 spiro atoms. The molecule has 4 nitrogen and oxygen atoms in total. The first-order chi connectivity index (χ1) is 11.7. The Morgan fingerprint density at radius 1 is 1.17 bits per heavy atom. The van der Waals surface area contributed by atoms with Crippen molar-refractivity contribution in [2.45, 2.75) is 45.0 Å². The van der Waals surface area contributed by atoms with Crippen molar-refractivity contribution >= 4 is 5.97 Å². The van der Waals surface area contributed by atoms with Crippen LogP contribution in [0.5, 0.6) is 5.75 Å². The zero-order valence-electron chi connectivity index (χ0n) is 13.8. The molecule has 2 aromatic rings. The molecule has 0 saturated heterocycles. The zero-order valence-corrected chi connectivity index (χ0v) is 13.8. The fourth-order valence-corrected chi connectivity index (χ4v) is 2.66. The van der Waals surface area contributed by atoms with E-state index in [0.717, 1.165) is 30.4 Å². The summed E-state index contributed by atoms with van der Waals surface area (Å²) in [6.07, 6.45) is 1.70. The number of ether oxygens (including phenoxy) is 2. The topological polar surface area (TPSA) is 55.8 Å². The van der Waals surface area contributed by atoms with Gasteiger partial charge in [-0.25, -0.2) is 4.79 Å². The van der Waals surface area contributed by atoms with Crippen LogP contribution in [0.2, 0.25) is 0 Å². The van der Waals surface area contributed by atoms with Gasteiger partial charge in [-0.3, -0.25) is 0 Å². The summed E-state index contributed by atoms with van der Waals surface area (Å²) < 4.78 is 11.8. The number of carboxylic acid groups (broad SMARTS) is 1. The Kier molecular flexibility index (Phi) is 5.16. The highest BCUT2D eigenvalue weighted by Gasteiger charge is 2.33. The van der Waals surface area contributed by atoms with E-state index >= 15 is 0 Å². The predicted molar refractivity (Wildman–Crippen MR) is 91.1 cm³/mol. The maximum Gasteiger partial charge on any atom is 0.337 e. The lowest BCUT2D eigenvalue weighted by Crippen LogP contribution is -2.18. The Hall–Kier alpha value is -2.33. The Bertz CT molecular complexity index is 692. The number of rotatable bonds is 8. The van der Waals surface area contributed by atoms with Crippen LogP contribution in [0.15, 0.2) is 48.5 Å². The molecule has 0 radical (unpaired) electrons. The van der Waals surface area contributed by atoms with Crippen molar-refractivity contribution in [3.8, 4) is 5.75 Å². The van der Waals surface area contributed by atoms with Gasteiger partial charge < -0.3 is 14.6 Å². The molecule has 2 aromatic carbocycles. The van der Waals surface area contributed by atoms with Crippen LogP contribution in [0, 0.1) is 0 Å². The largest absolute Gasteiger partial charge is 0.488 e. The molecule has 1 unspecified atom stereocenters. The van der Waals surface area contributed by atoms with Crippen LogP contribution in [0.4, 0.5) is 0 Å². The molecule has 0 aliphatic heterocycles. The first kappa shape index (κ1) is 16.5. The van der Waals surface area contributed by atoms with Crippen LogP contribution < -0.4 is 4.74 Å². The number of benzene rings is 2. The van der Waals surface area contributed by atoms with E-state index in [1.165, 1.54) is 0 Å². The summed E-state index contributed by atoms with van der Waals surface area (Å²) in [5.74, 6) is -0.336. The molecule has 1 N–H and O–H groups in total. The first-order valence-electron chi connectivity index (χ1n) is 8.35. The molecule has 0 aromatic heterocycles. The molecule has 1 saturated carbocycles. The molecule has 1 fully saturated rings. The van der Waals surface area contributed by atoms with Gasteiger partial charge in [0.1, 0.15) is 12.4 Å². The quantitative estimate of drug-likeness (QED) is 0.792. The number of carbonyl (C=O) groups is 1. The van der Waals surface area contributed by atoms with E-state index < -0.39 is 12.1 Å². The summed E-state index contributed by atoms with van der Waals surface area (Å²) in [6.45, 7) is 2.44. The number of aryl methyl sites for hydroxylation is 1. The van der Waals surface area contributed by atoms with E-state index in [1.54, 1.807) is 6.07 Å². The third-order valence-corrected chi connectivity index (χ3v) is 4.09. The van der Waals surface area contributed by atoms with Crippen molar-refractivity contribution < 1.29 is 19.4 Å². The highest BCUT2D eigenvalue weighted by atomic mass is 16.5. The van der Waals surface area contributed by atoms with Crippen molar-refractivity contribution in [3.05, 3.63) is 65.2 Å². The van der Waals surface area contributed by atoms with Crippen LogP contribution in [0.25, 0.3) is 0 Å². The van der Waals surface area contributed by atoms with Gasteiger partial charge in [-0.15, -0.1) is 0 Å². The standard InChI is InChI=1S/C20H22O4/c1-2-15-9-6-10-17(19(20(21)22)24-16-11-12-16)18(15)23-13-14-7-4-3-5-8-14/h3-10,16,19H,2,11-13H2,1H3,(H,21,22). The van der Waals surface area contributed by atoms with Crippen molar-refractivity contribution in [2.24, 2.45) is 0 Å². The van der Waals surface area contributed by atoms with Gasteiger partial charge in [0.15, 0.2) is 6.10 Å². The lowest BCUT2D eigenvalue weighted by molar-refractivity contribution is -0.152. The molecule has 1 aliphatic carbocycles. The summed E-state index contributed by atoms with van der Waals surface area (Å²) in [4.78, 5) is 11.7. The van der Waals surface area contributed by atoms with E-state index in [9.17, 15) is 9.90 Å². The monoisotopic (exact) mass is 326 g/mol. The fourth-order valence-electron chi connectivity index (χ4n) is 2.66. The van der Waals surface area contributed by atoms with Crippen LogP contribution in [0.3, 0.4) is 0 Å². The van der Waals surface area contributed by atoms with Gasteiger partial charge in [-0.1, -0.05) is 55.5 Å². The van der Waals surface area contributed by atoms with Crippen LogP contribution in [0.1, 0.15) is 42.6 Å². The first-order valence-corrected chi connectivity index (χ1v) is 8.35. The Morgan fingerprint density at radius 3 is 2.54 bits per heavy atom.